The standard InChI is InChI=1S/C18H19FN2O4S/c1-3-12-20-18(22)13-21(17-7-5-4-6-16(17)19)26(23,24)15-10-8-14(25-2)9-11-15/h3-11H,1,12-13H2,2H3,(H,20,22). The number of para-hydroxylation sites is 1. The van der Waals surface area contributed by atoms with E-state index in [-0.39, 0.29) is 17.1 Å². The topological polar surface area (TPSA) is 75.7 Å². The van der Waals surface area contributed by atoms with Crippen LogP contribution in [0.2, 0.25) is 0 Å². The Kier molecular flexibility index (Phi) is 6.35. The first-order valence-electron chi connectivity index (χ1n) is 7.69. The Balaban J connectivity index is 2.45. The number of nitrogens with zero attached hydrogens (tertiary/aromatic N) is 1. The third kappa shape index (κ3) is 4.40. The van der Waals surface area contributed by atoms with Crippen molar-refractivity contribution in [2.75, 3.05) is 24.5 Å². The van der Waals surface area contributed by atoms with Gasteiger partial charge in [0.25, 0.3) is 10.0 Å². The van der Waals surface area contributed by atoms with Crippen LogP contribution in [-0.2, 0) is 14.8 Å². The maximum Gasteiger partial charge on any atom is 0.264 e. The van der Waals surface area contributed by atoms with E-state index in [1.165, 1.54) is 55.7 Å². The summed E-state index contributed by atoms with van der Waals surface area (Å²) in [7, 11) is -2.71. The van der Waals surface area contributed by atoms with E-state index in [2.05, 4.69) is 11.9 Å². The van der Waals surface area contributed by atoms with Crippen molar-refractivity contribution < 1.29 is 22.3 Å². The van der Waals surface area contributed by atoms with E-state index in [0.717, 1.165) is 10.4 Å². The molecule has 2 aromatic rings. The highest BCUT2D eigenvalue weighted by molar-refractivity contribution is 7.92. The number of carbonyl (C=O) groups excluding carboxylic acids is 1. The van der Waals surface area contributed by atoms with Crippen LogP contribution in [0.4, 0.5) is 10.1 Å². The Morgan fingerprint density at radius 3 is 2.46 bits per heavy atom. The Hall–Kier alpha value is -2.87. The molecular formula is C18H19FN2O4S. The lowest BCUT2D eigenvalue weighted by Gasteiger charge is -2.24. The Labute approximate surface area is 151 Å². The maximum atomic E-state index is 14.2. The first-order valence-corrected chi connectivity index (χ1v) is 9.13. The highest BCUT2D eigenvalue weighted by Gasteiger charge is 2.29. The van der Waals surface area contributed by atoms with Gasteiger partial charge >= 0.3 is 0 Å². The number of hydrogen-bond donors (Lipinski definition) is 1. The zero-order valence-electron chi connectivity index (χ0n) is 14.2. The normalized spacial score (nSPS) is 10.8. The SMILES string of the molecule is C=CCNC(=O)CN(c1ccccc1F)S(=O)(=O)c1ccc(OC)cc1. The van der Waals surface area contributed by atoms with Gasteiger partial charge in [0.05, 0.1) is 17.7 Å². The van der Waals surface area contributed by atoms with E-state index in [1.807, 2.05) is 0 Å². The molecule has 0 fully saturated rings. The van der Waals surface area contributed by atoms with Crippen LogP contribution < -0.4 is 14.4 Å². The Morgan fingerprint density at radius 2 is 1.88 bits per heavy atom. The van der Waals surface area contributed by atoms with Crippen LogP contribution in [0.1, 0.15) is 0 Å². The van der Waals surface area contributed by atoms with Gasteiger partial charge in [-0.15, -0.1) is 6.58 Å². The van der Waals surface area contributed by atoms with E-state index in [9.17, 15) is 17.6 Å². The molecule has 26 heavy (non-hydrogen) atoms. The van der Waals surface area contributed by atoms with Gasteiger partial charge < -0.3 is 10.1 Å². The van der Waals surface area contributed by atoms with Gasteiger partial charge in [-0.1, -0.05) is 18.2 Å². The van der Waals surface area contributed by atoms with Crippen molar-refractivity contribution in [3.63, 3.8) is 0 Å². The van der Waals surface area contributed by atoms with Gasteiger partial charge in [-0.3, -0.25) is 9.10 Å². The van der Waals surface area contributed by atoms with Crippen molar-refractivity contribution in [2.45, 2.75) is 4.90 Å². The molecule has 0 aliphatic rings. The average Bonchev–Trinajstić information content (AvgIpc) is 2.65. The largest absolute Gasteiger partial charge is 0.497 e. The summed E-state index contributed by atoms with van der Waals surface area (Å²) in [6.07, 6.45) is 1.46. The van der Waals surface area contributed by atoms with Gasteiger partial charge in [-0.2, -0.15) is 0 Å². The molecule has 0 bridgehead atoms. The number of halogens is 1. The molecule has 0 aromatic heterocycles. The van der Waals surface area contributed by atoms with Crippen molar-refractivity contribution >= 4 is 21.6 Å². The average molecular weight is 378 g/mol. The summed E-state index contributed by atoms with van der Waals surface area (Å²) in [6.45, 7) is 3.09. The van der Waals surface area contributed by atoms with Gasteiger partial charge in [0.15, 0.2) is 0 Å². The number of nitrogens with one attached hydrogen (secondary N) is 1. The number of methoxy groups -OCH3 is 1. The number of sulfonamides is 1. The number of amides is 1. The highest BCUT2D eigenvalue weighted by atomic mass is 32.2. The lowest BCUT2D eigenvalue weighted by Crippen LogP contribution is -2.41. The van der Waals surface area contributed by atoms with E-state index >= 15 is 0 Å². The van der Waals surface area contributed by atoms with Crippen LogP contribution >= 0.6 is 0 Å². The number of carbonyl (C=O) groups is 1. The minimum Gasteiger partial charge on any atom is -0.497 e. The third-order valence-electron chi connectivity index (χ3n) is 3.50. The molecule has 6 nitrogen and oxygen atoms in total. The Bertz CT molecular complexity index is 882. The third-order valence-corrected chi connectivity index (χ3v) is 5.27. The molecular weight excluding hydrogens is 359 g/mol. The molecule has 0 spiro atoms. The van der Waals surface area contributed by atoms with Crippen LogP contribution in [0.25, 0.3) is 0 Å². The van der Waals surface area contributed by atoms with Crippen molar-refractivity contribution in [1.82, 2.24) is 5.32 Å². The fourth-order valence-corrected chi connectivity index (χ4v) is 3.63. The fourth-order valence-electron chi connectivity index (χ4n) is 2.20. The lowest BCUT2D eigenvalue weighted by atomic mass is 10.3. The van der Waals surface area contributed by atoms with Gasteiger partial charge in [-0.05, 0) is 36.4 Å². The molecule has 0 heterocycles. The second-order valence-electron chi connectivity index (χ2n) is 5.23. The molecule has 1 amide bonds. The van der Waals surface area contributed by atoms with Crippen LogP contribution in [0.3, 0.4) is 0 Å². The smallest absolute Gasteiger partial charge is 0.264 e. The summed E-state index contributed by atoms with van der Waals surface area (Å²) in [5.74, 6) is -0.850. The lowest BCUT2D eigenvalue weighted by molar-refractivity contribution is -0.119. The number of benzene rings is 2. The van der Waals surface area contributed by atoms with Gasteiger partial charge in [0.1, 0.15) is 18.1 Å². The van der Waals surface area contributed by atoms with Crippen molar-refractivity contribution in [2.24, 2.45) is 0 Å². The molecule has 0 aliphatic heterocycles. The minimum atomic E-state index is -4.17. The van der Waals surface area contributed by atoms with E-state index < -0.39 is 28.3 Å². The molecule has 2 rings (SSSR count). The van der Waals surface area contributed by atoms with Gasteiger partial charge in [0, 0.05) is 6.54 Å². The zero-order chi connectivity index (χ0) is 19.2. The summed E-state index contributed by atoms with van der Waals surface area (Å²) in [4.78, 5) is 12.0. The molecule has 0 saturated heterocycles. The molecule has 138 valence electrons. The van der Waals surface area contributed by atoms with Crippen LogP contribution in [0.15, 0.2) is 66.1 Å². The number of hydrogen-bond acceptors (Lipinski definition) is 4. The summed E-state index contributed by atoms with van der Waals surface area (Å²) in [6, 6.07) is 11.0. The van der Waals surface area contributed by atoms with Gasteiger partial charge in [0.2, 0.25) is 5.91 Å². The highest BCUT2D eigenvalue weighted by Crippen LogP contribution is 2.27. The molecule has 0 saturated carbocycles. The molecule has 0 unspecified atom stereocenters. The molecule has 2 aromatic carbocycles. The summed E-state index contributed by atoms with van der Waals surface area (Å²) in [5, 5.41) is 2.49. The van der Waals surface area contributed by atoms with Gasteiger partial charge in [-0.25, -0.2) is 12.8 Å². The molecule has 1 N–H and O–H groups in total. The van der Waals surface area contributed by atoms with Crippen LogP contribution in [0.5, 0.6) is 5.75 Å². The number of ether oxygens (including phenoxy) is 1. The monoisotopic (exact) mass is 378 g/mol. The van der Waals surface area contributed by atoms with Crippen LogP contribution in [0, 0.1) is 5.82 Å². The molecule has 0 radical (unpaired) electrons. The Morgan fingerprint density at radius 1 is 1.23 bits per heavy atom. The predicted molar refractivity (Wildman–Crippen MR) is 97.1 cm³/mol. The van der Waals surface area contributed by atoms with Crippen LogP contribution in [-0.4, -0.2) is 34.5 Å². The maximum absolute atomic E-state index is 14.2. The van der Waals surface area contributed by atoms with Crippen molar-refractivity contribution in [3.8, 4) is 5.75 Å². The zero-order valence-corrected chi connectivity index (χ0v) is 15.0. The molecule has 0 atom stereocenters. The second-order valence-corrected chi connectivity index (χ2v) is 7.09. The minimum absolute atomic E-state index is 0.0851. The summed E-state index contributed by atoms with van der Waals surface area (Å²) < 4.78 is 46.0. The molecule has 0 aliphatic carbocycles. The number of anilines is 1. The summed E-state index contributed by atoms with van der Waals surface area (Å²) in [5.41, 5.74) is -0.211. The summed E-state index contributed by atoms with van der Waals surface area (Å²) >= 11 is 0. The first kappa shape index (κ1) is 19.5. The quantitative estimate of drug-likeness (QED) is 0.716. The predicted octanol–water partition coefficient (Wildman–Crippen LogP) is 2.33. The van der Waals surface area contributed by atoms with E-state index in [4.69, 9.17) is 4.74 Å². The van der Waals surface area contributed by atoms with E-state index in [1.54, 1.807) is 0 Å². The second kappa shape index (κ2) is 8.48. The molecule has 8 heteroatoms. The van der Waals surface area contributed by atoms with E-state index in [0.29, 0.717) is 5.75 Å². The first-order chi connectivity index (χ1) is 12.4. The number of rotatable bonds is 8. The fraction of sp³-hybridized carbons (Fsp3) is 0.167. The van der Waals surface area contributed by atoms with Crippen molar-refractivity contribution in [1.29, 1.82) is 0 Å². The van der Waals surface area contributed by atoms with Crippen molar-refractivity contribution in [3.05, 3.63) is 67.0 Å².